The highest BCUT2D eigenvalue weighted by atomic mass is 16.8. The largest absolute Gasteiger partial charge is 0.389 e. The van der Waals surface area contributed by atoms with Crippen molar-refractivity contribution in [3.63, 3.8) is 0 Å². The maximum Gasteiger partial charge on any atom is 0.187 e. The van der Waals surface area contributed by atoms with Gasteiger partial charge in [0.25, 0.3) is 0 Å². The van der Waals surface area contributed by atoms with E-state index >= 15 is 0 Å². The van der Waals surface area contributed by atoms with Crippen LogP contribution >= 0.6 is 0 Å². The summed E-state index contributed by atoms with van der Waals surface area (Å²) in [7, 11) is 0. The number of nitrogens with zero attached hydrogens (tertiary/aromatic N) is 1. The molecular weight excluding hydrogens is 382 g/mol. The van der Waals surface area contributed by atoms with Crippen LogP contribution in [0.4, 0.5) is 0 Å². The lowest BCUT2D eigenvalue weighted by Crippen LogP contribution is -2.44. The van der Waals surface area contributed by atoms with Crippen LogP contribution in [0.25, 0.3) is 0 Å². The maximum absolute atomic E-state index is 10.8. The number of likely N-dealkylation sites (tertiary alicyclic amines) is 1. The minimum atomic E-state index is -0.663. The Labute approximate surface area is 183 Å². The molecular formula is C24H45NO5. The van der Waals surface area contributed by atoms with Crippen LogP contribution < -0.4 is 0 Å². The Bertz CT molecular complexity index is 482. The molecule has 3 aliphatic rings. The lowest BCUT2D eigenvalue weighted by atomic mass is 10.1. The summed E-state index contributed by atoms with van der Waals surface area (Å²) in [5.41, 5.74) is 0. The van der Waals surface area contributed by atoms with Gasteiger partial charge < -0.3 is 29.0 Å². The van der Waals surface area contributed by atoms with Gasteiger partial charge in [-0.25, -0.2) is 0 Å². The van der Waals surface area contributed by atoms with Crippen molar-refractivity contribution in [1.29, 1.82) is 0 Å². The molecule has 6 nitrogen and oxygen atoms in total. The van der Waals surface area contributed by atoms with Crippen molar-refractivity contribution >= 4 is 0 Å². The number of hydrogen-bond donors (Lipinski definition) is 1. The summed E-state index contributed by atoms with van der Waals surface area (Å²) in [6, 6.07) is 0. The molecule has 3 saturated heterocycles. The molecule has 6 heteroatoms. The van der Waals surface area contributed by atoms with Gasteiger partial charge in [-0.3, -0.25) is 0 Å². The van der Waals surface area contributed by atoms with Gasteiger partial charge in [0.2, 0.25) is 0 Å². The summed E-state index contributed by atoms with van der Waals surface area (Å²) in [5.74, 6) is -0.663. The lowest BCUT2D eigenvalue weighted by Gasteiger charge is -2.28. The number of fused-ring (bicyclic) bond motifs is 1. The summed E-state index contributed by atoms with van der Waals surface area (Å²) in [6.45, 7) is 9.51. The first kappa shape index (κ1) is 24.4. The number of unbranched alkanes of at least 4 members (excludes halogenated alkanes) is 8. The molecule has 3 aliphatic heterocycles. The van der Waals surface area contributed by atoms with Gasteiger partial charge in [0.1, 0.15) is 18.3 Å². The molecule has 1 N–H and O–H groups in total. The zero-order valence-electron chi connectivity index (χ0n) is 19.5. The molecule has 3 rings (SSSR count). The van der Waals surface area contributed by atoms with Gasteiger partial charge in [0.15, 0.2) is 12.1 Å². The van der Waals surface area contributed by atoms with Crippen molar-refractivity contribution in [3.05, 3.63) is 0 Å². The zero-order valence-corrected chi connectivity index (χ0v) is 19.5. The Kier molecular flexibility index (Phi) is 9.86. The number of rotatable bonds is 14. The Morgan fingerprint density at radius 3 is 2.20 bits per heavy atom. The SMILES string of the molecule is CCCCCCCCCCCO[C@H]1O[C@H]([C@H](O)CN2CCCC2)[C@@H]2OC(C)(C)O[C@H]12. The quantitative estimate of drug-likeness (QED) is 0.419. The summed E-state index contributed by atoms with van der Waals surface area (Å²) in [5, 5.41) is 10.8. The molecule has 0 aromatic rings. The molecule has 0 saturated carbocycles. The van der Waals surface area contributed by atoms with Crippen molar-refractivity contribution in [2.24, 2.45) is 0 Å². The van der Waals surface area contributed by atoms with E-state index in [1.54, 1.807) is 0 Å². The molecule has 30 heavy (non-hydrogen) atoms. The van der Waals surface area contributed by atoms with Crippen LogP contribution in [0.3, 0.4) is 0 Å². The monoisotopic (exact) mass is 427 g/mol. The van der Waals surface area contributed by atoms with Gasteiger partial charge in [0.05, 0.1) is 6.10 Å². The Morgan fingerprint density at radius 1 is 0.933 bits per heavy atom. The number of β-amino-alcohol motifs (C(OH)–C–C–N with tert-alkyl or cyclic N) is 1. The molecule has 0 amide bonds. The molecule has 0 aliphatic carbocycles. The van der Waals surface area contributed by atoms with E-state index in [0.717, 1.165) is 19.5 Å². The molecule has 0 radical (unpaired) electrons. The average molecular weight is 428 g/mol. The smallest absolute Gasteiger partial charge is 0.187 e. The predicted molar refractivity (Wildman–Crippen MR) is 117 cm³/mol. The van der Waals surface area contributed by atoms with Gasteiger partial charge in [-0.15, -0.1) is 0 Å². The summed E-state index contributed by atoms with van der Waals surface area (Å²) in [6.07, 6.45) is 12.1. The summed E-state index contributed by atoms with van der Waals surface area (Å²) < 4.78 is 24.4. The third kappa shape index (κ3) is 7.14. The molecule has 5 atom stereocenters. The molecule has 3 heterocycles. The van der Waals surface area contributed by atoms with E-state index in [1.165, 1.54) is 64.2 Å². The Balaban J connectivity index is 1.37. The third-order valence-electron chi connectivity index (χ3n) is 6.60. The van der Waals surface area contributed by atoms with Crippen molar-refractivity contribution in [3.8, 4) is 0 Å². The first-order valence-corrected chi connectivity index (χ1v) is 12.5. The first-order chi connectivity index (χ1) is 14.5. The molecule has 0 aromatic heterocycles. The molecule has 3 fully saturated rings. The molecule has 0 bridgehead atoms. The second-order valence-corrected chi connectivity index (χ2v) is 9.81. The highest BCUT2D eigenvalue weighted by molar-refractivity contribution is 4.98. The van der Waals surface area contributed by atoms with E-state index in [0.29, 0.717) is 13.2 Å². The van der Waals surface area contributed by atoms with E-state index < -0.39 is 24.3 Å². The van der Waals surface area contributed by atoms with Gasteiger partial charge >= 0.3 is 0 Å². The number of aliphatic hydroxyl groups is 1. The number of hydrogen-bond acceptors (Lipinski definition) is 6. The standard InChI is InChI=1S/C24H45NO5/c1-4-5-6-7-8-9-10-11-14-17-27-23-22-21(29-24(2,3)30-22)20(28-23)19(26)18-25-15-12-13-16-25/h19-23,26H,4-18H2,1-3H3/t19-,20-,21+,22+,23+/m1/s1. The molecule has 176 valence electrons. The number of ether oxygens (including phenoxy) is 4. The summed E-state index contributed by atoms with van der Waals surface area (Å²) in [4.78, 5) is 2.31. The van der Waals surface area contributed by atoms with Crippen molar-refractivity contribution in [2.75, 3.05) is 26.2 Å². The van der Waals surface area contributed by atoms with E-state index in [9.17, 15) is 5.11 Å². The zero-order chi connectivity index (χ0) is 21.4. The second kappa shape index (κ2) is 12.1. The minimum Gasteiger partial charge on any atom is -0.389 e. The van der Waals surface area contributed by atoms with Crippen molar-refractivity contribution < 1.29 is 24.1 Å². The van der Waals surface area contributed by atoms with Crippen LogP contribution in [0, 0.1) is 0 Å². The van der Waals surface area contributed by atoms with Crippen LogP contribution in [-0.4, -0.2) is 72.7 Å². The normalized spacial score (nSPS) is 32.0. The lowest BCUT2D eigenvalue weighted by molar-refractivity contribution is -0.243. The van der Waals surface area contributed by atoms with E-state index in [4.69, 9.17) is 18.9 Å². The van der Waals surface area contributed by atoms with E-state index in [2.05, 4.69) is 11.8 Å². The molecule has 0 spiro atoms. The van der Waals surface area contributed by atoms with Gasteiger partial charge in [-0.1, -0.05) is 58.3 Å². The predicted octanol–water partition coefficient (Wildman–Crippen LogP) is 4.24. The molecule has 0 unspecified atom stereocenters. The highest BCUT2D eigenvalue weighted by Gasteiger charge is 2.57. The van der Waals surface area contributed by atoms with Gasteiger partial charge in [0, 0.05) is 13.2 Å². The van der Waals surface area contributed by atoms with Crippen LogP contribution in [0.15, 0.2) is 0 Å². The van der Waals surface area contributed by atoms with Gasteiger partial charge in [-0.2, -0.15) is 0 Å². The van der Waals surface area contributed by atoms with Crippen LogP contribution in [0.5, 0.6) is 0 Å². The van der Waals surface area contributed by atoms with E-state index in [-0.39, 0.29) is 12.2 Å². The first-order valence-electron chi connectivity index (χ1n) is 12.5. The second-order valence-electron chi connectivity index (χ2n) is 9.81. The fraction of sp³-hybridized carbons (Fsp3) is 1.00. The van der Waals surface area contributed by atoms with Crippen LogP contribution in [0.1, 0.15) is 91.4 Å². The van der Waals surface area contributed by atoms with Crippen LogP contribution in [0.2, 0.25) is 0 Å². The maximum atomic E-state index is 10.8. The topological polar surface area (TPSA) is 60.4 Å². The third-order valence-corrected chi connectivity index (χ3v) is 6.60. The highest BCUT2D eigenvalue weighted by Crippen LogP contribution is 2.40. The summed E-state index contributed by atoms with van der Waals surface area (Å²) >= 11 is 0. The number of aliphatic hydroxyl groups excluding tert-OH is 1. The van der Waals surface area contributed by atoms with Gasteiger partial charge in [-0.05, 0) is 46.2 Å². The Morgan fingerprint density at radius 2 is 1.53 bits per heavy atom. The molecule has 0 aromatic carbocycles. The van der Waals surface area contributed by atoms with Crippen molar-refractivity contribution in [1.82, 2.24) is 4.90 Å². The van der Waals surface area contributed by atoms with Crippen molar-refractivity contribution in [2.45, 2.75) is 128 Å². The average Bonchev–Trinajstić information content (AvgIpc) is 3.39. The van der Waals surface area contributed by atoms with E-state index in [1.807, 2.05) is 13.8 Å². The fourth-order valence-corrected chi connectivity index (χ4v) is 4.98. The fourth-order valence-electron chi connectivity index (χ4n) is 4.98. The minimum absolute atomic E-state index is 0.267. The van der Waals surface area contributed by atoms with Crippen LogP contribution in [-0.2, 0) is 18.9 Å². The Hall–Kier alpha value is -0.240.